The predicted octanol–water partition coefficient (Wildman–Crippen LogP) is 4.31. The van der Waals surface area contributed by atoms with E-state index in [-0.39, 0.29) is 23.1 Å². The number of aryl methyl sites for hydroxylation is 1. The summed E-state index contributed by atoms with van der Waals surface area (Å²) in [5, 5.41) is 0. The number of carbonyl (C=O) groups excluding carboxylic acids is 1. The lowest BCUT2D eigenvalue weighted by Gasteiger charge is -2.33. The fourth-order valence-corrected chi connectivity index (χ4v) is 3.97. The SMILES string of the molecule is Cc1cc(N2CCc3cc(F)ccc3C2)ccc1C(C(N)=O)C(C)(C)C. The number of halogens is 1. The van der Waals surface area contributed by atoms with Gasteiger partial charge in [-0.3, -0.25) is 4.79 Å². The highest BCUT2D eigenvalue weighted by Gasteiger charge is 2.32. The smallest absolute Gasteiger partial charge is 0.225 e. The minimum Gasteiger partial charge on any atom is -0.369 e. The molecule has 0 aromatic heterocycles. The van der Waals surface area contributed by atoms with Crippen molar-refractivity contribution in [3.8, 4) is 0 Å². The molecule has 3 nitrogen and oxygen atoms in total. The van der Waals surface area contributed by atoms with E-state index in [9.17, 15) is 9.18 Å². The summed E-state index contributed by atoms with van der Waals surface area (Å²) in [7, 11) is 0. The third-order valence-corrected chi connectivity index (χ3v) is 5.26. The maximum atomic E-state index is 13.4. The Labute approximate surface area is 155 Å². The van der Waals surface area contributed by atoms with Crippen LogP contribution in [0.3, 0.4) is 0 Å². The van der Waals surface area contributed by atoms with Gasteiger partial charge in [0.25, 0.3) is 0 Å². The first-order valence-electron chi connectivity index (χ1n) is 9.09. The number of hydrogen-bond donors (Lipinski definition) is 1. The largest absolute Gasteiger partial charge is 0.369 e. The molecule has 1 amide bonds. The molecule has 1 unspecified atom stereocenters. The zero-order valence-electron chi connectivity index (χ0n) is 16.0. The lowest BCUT2D eigenvalue weighted by atomic mass is 9.74. The van der Waals surface area contributed by atoms with Crippen LogP contribution in [-0.4, -0.2) is 12.5 Å². The van der Waals surface area contributed by atoms with Gasteiger partial charge >= 0.3 is 0 Å². The molecular weight excluding hydrogens is 327 g/mol. The zero-order valence-corrected chi connectivity index (χ0v) is 16.0. The van der Waals surface area contributed by atoms with Crippen LogP contribution in [0.5, 0.6) is 0 Å². The van der Waals surface area contributed by atoms with Crippen LogP contribution in [0.1, 0.15) is 48.9 Å². The fraction of sp³-hybridized carbons (Fsp3) is 0.409. The summed E-state index contributed by atoms with van der Waals surface area (Å²) < 4.78 is 13.4. The number of anilines is 1. The Morgan fingerprint density at radius 3 is 2.50 bits per heavy atom. The van der Waals surface area contributed by atoms with Gasteiger partial charge in [-0.05, 0) is 65.3 Å². The molecule has 2 aromatic rings. The summed E-state index contributed by atoms with van der Waals surface area (Å²) in [6.07, 6.45) is 0.833. The van der Waals surface area contributed by atoms with E-state index in [0.29, 0.717) is 0 Å². The molecule has 0 saturated heterocycles. The van der Waals surface area contributed by atoms with Crippen molar-refractivity contribution in [1.29, 1.82) is 0 Å². The van der Waals surface area contributed by atoms with Crippen LogP contribution < -0.4 is 10.6 Å². The van der Waals surface area contributed by atoms with Crippen LogP contribution in [0.25, 0.3) is 0 Å². The number of nitrogens with zero attached hydrogens (tertiary/aromatic N) is 1. The molecule has 0 fully saturated rings. The van der Waals surface area contributed by atoms with Gasteiger partial charge in [0.1, 0.15) is 5.82 Å². The summed E-state index contributed by atoms with van der Waals surface area (Å²) in [6.45, 7) is 9.78. The fourth-order valence-electron chi connectivity index (χ4n) is 3.97. The molecule has 0 bridgehead atoms. The second-order valence-corrected chi connectivity index (χ2v) is 8.33. The van der Waals surface area contributed by atoms with Crippen molar-refractivity contribution in [3.63, 3.8) is 0 Å². The molecule has 26 heavy (non-hydrogen) atoms. The molecule has 2 aromatic carbocycles. The first-order valence-corrected chi connectivity index (χ1v) is 9.09. The van der Waals surface area contributed by atoms with Gasteiger partial charge in [0.2, 0.25) is 5.91 Å². The maximum Gasteiger partial charge on any atom is 0.225 e. The van der Waals surface area contributed by atoms with Gasteiger partial charge in [-0.1, -0.05) is 32.9 Å². The lowest BCUT2D eigenvalue weighted by Crippen LogP contribution is -2.33. The van der Waals surface area contributed by atoms with Crippen LogP contribution in [0.15, 0.2) is 36.4 Å². The maximum absolute atomic E-state index is 13.4. The van der Waals surface area contributed by atoms with Gasteiger partial charge < -0.3 is 10.6 Å². The molecule has 0 saturated carbocycles. The third kappa shape index (κ3) is 3.59. The quantitative estimate of drug-likeness (QED) is 0.893. The lowest BCUT2D eigenvalue weighted by molar-refractivity contribution is -0.121. The van der Waals surface area contributed by atoms with E-state index < -0.39 is 0 Å². The van der Waals surface area contributed by atoms with E-state index in [0.717, 1.165) is 41.9 Å². The molecule has 1 heterocycles. The summed E-state index contributed by atoms with van der Waals surface area (Å²) in [6, 6.07) is 11.3. The van der Waals surface area contributed by atoms with Crippen LogP contribution in [0, 0.1) is 18.2 Å². The average molecular weight is 354 g/mol. The second kappa shape index (κ2) is 6.75. The number of carbonyl (C=O) groups is 1. The number of amides is 1. The van der Waals surface area contributed by atoms with E-state index in [4.69, 9.17) is 5.73 Å². The van der Waals surface area contributed by atoms with Gasteiger partial charge in [0.15, 0.2) is 0 Å². The molecule has 138 valence electrons. The summed E-state index contributed by atoms with van der Waals surface area (Å²) in [5.74, 6) is -0.777. The summed E-state index contributed by atoms with van der Waals surface area (Å²) in [4.78, 5) is 14.3. The highest BCUT2D eigenvalue weighted by molar-refractivity contribution is 5.83. The van der Waals surface area contributed by atoms with Crippen molar-refractivity contribution in [2.75, 3.05) is 11.4 Å². The highest BCUT2D eigenvalue weighted by atomic mass is 19.1. The third-order valence-electron chi connectivity index (χ3n) is 5.26. The topological polar surface area (TPSA) is 46.3 Å². The van der Waals surface area contributed by atoms with E-state index >= 15 is 0 Å². The van der Waals surface area contributed by atoms with E-state index in [1.807, 2.05) is 39.8 Å². The van der Waals surface area contributed by atoms with Crippen LogP contribution in [0.4, 0.5) is 10.1 Å². The first kappa shape index (κ1) is 18.4. The molecule has 4 heteroatoms. The Kier molecular flexibility index (Phi) is 4.78. The molecule has 1 atom stereocenters. The number of rotatable bonds is 3. The molecule has 1 aliphatic heterocycles. The van der Waals surface area contributed by atoms with Crippen LogP contribution >= 0.6 is 0 Å². The second-order valence-electron chi connectivity index (χ2n) is 8.33. The molecule has 2 N–H and O–H groups in total. The van der Waals surface area contributed by atoms with Gasteiger partial charge in [-0.15, -0.1) is 0 Å². The number of fused-ring (bicyclic) bond motifs is 1. The van der Waals surface area contributed by atoms with Gasteiger partial charge in [0.05, 0.1) is 5.92 Å². The molecule has 0 radical (unpaired) electrons. The molecule has 1 aliphatic rings. The van der Waals surface area contributed by atoms with Gasteiger partial charge in [-0.2, -0.15) is 0 Å². The number of nitrogens with two attached hydrogens (primary N) is 1. The summed E-state index contributed by atoms with van der Waals surface area (Å²) >= 11 is 0. The number of benzene rings is 2. The van der Waals surface area contributed by atoms with E-state index in [1.54, 1.807) is 6.07 Å². The Balaban J connectivity index is 1.88. The zero-order chi connectivity index (χ0) is 19.1. The van der Waals surface area contributed by atoms with Crippen LogP contribution in [-0.2, 0) is 17.8 Å². The van der Waals surface area contributed by atoms with Crippen molar-refractivity contribution >= 4 is 11.6 Å². The molecule has 0 aliphatic carbocycles. The monoisotopic (exact) mass is 354 g/mol. The predicted molar refractivity (Wildman–Crippen MR) is 104 cm³/mol. The minimum atomic E-state index is -0.318. The Hall–Kier alpha value is -2.36. The number of primary amides is 1. The van der Waals surface area contributed by atoms with E-state index in [2.05, 4.69) is 17.0 Å². The Morgan fingerprint density at radius 2 is 1.88 bits per heavy atom. The van der Waals surface area contributed by atoms with Crippen molar-refractivity contribution < 1.29 is 9.18 Å². The Morgan fingerprint density at radius 1 is 1.15 bits per heavy atom. The highest BCUT2D eigenvalue weighted by Crippen LogP contribution is 2.38. The Bertz CT molecular complexity index is 839. The van der Waals surface area contributed by atoms with Gasteiger partial charge in [-0.25, -0.2) is 4.39 Å². The number of hydrogen-bond acceptors (Lipinski definition) is 2. The molecule has 3 rings (SSSR count). The normalized spacial score (nSPS) is 15.5. The minimum absolute atomic E-state index is 0.169. The average Bonchev–Trinajstić information content (AvgIpc) is 2.54. The molecular formula is C22H27FN2O. The van der Waals surface area contributed by atoms with Crippen molar-refractivity contribution in [1.82, 2.24) is 0 Å². The first-order chi connectivity index (χ1) is 12.2. The van der Waals surface area contributed by atoms with E-state index in [1.165, 1.54) is 11.6 Å². The van der Waals surface area contributed by atoms with Crippen molar-refractivity contribution in [2.45, 2.75) is 46.6 Å². The molecule has 0 spiro atoms. The van der Waals surface area contributed by atoms with Crippen LogP contribution in [0.2, 0.25) is 0 Å². The van der Waals surface area contributed by atoms with Gasteiger partial charge in [0, 0.05) is 18.8 Å². The summed E-state index contributed by atoms with van der Waals surface area (Å²) in [5.41, 5.74) is 10.9. The standard InChI is InChI=1S/C22H27FN2O/c1-14-11-18(7-8-19(14)20(21(24)26)22(2,3)4)25-10-9-15-12-17(23)6-5-16(15)13-25/h5-8,11-12,20H,9-10,13H2,1-4H3,(H2,24,26). The van der Waals surface area contributed by atoms with Crippen molar-refractivity contribution in [3.05, 3.63) is 64.5 Å². The van der Waals surface area contributed by atoms with Crippen molar-refractivity contribution in [2.24, 2.45) is 11.1 Å².